The lowest BCUT2D eigenvalue weighted by Crippen LogP contribution is -3.00. The molecule has 1 aliphatic heterocycles. The minimum Gasteiger partial charge on any atom is -1.00 e. The van der Waals surface area contributed by atoms with E-state index in [0.717, 1.165) is 55.7 Å². The van der Waals surface area contributed by atoms with Gasteiger partial charge in [-0.25, -0.2) is 0 Å². The van der Waals surface area contributed by atoms with E-state index in [9.17, 15) is 15.0 Å². The van der Waals surface area contributed by atoms with Crippen LogP contribution >= 0.6 is 0 Å². The zero-order valence-corrected chi connectivity index (χ0v) is 18.8. The fraction of sp³-hybridized carbons (Fsp3) is 0.522. The normalized spacial score (nSPS) is 34.4. The van der Waals surface area contributed by atoms with E-state index in [2.05, 4.69) is 7.05 Å². The van der Waals surface area contributed by atoms with E-state index in [1.54, 1.807) is 12.3 Å². The number of halogens is 1. The topological polar surface area (TPSA) is 96.7 Å². The Morgan fingerprint density at radius 1 is 1.27 bits per heavy atom. The number of hydrogen-bond donors (Lipinski definition) is 3. The van der Waals surface area contributed by atoms with Gasteiger partial charge < -0.3 is 41.8 Å². The monoisotopic (exact) mass is 476 g/mol. The molecule has 4 atom stereocenters. The van der Waals surface area contributed by atoms with Gasteiger partial charge in [-0.1, -0.05) is 18.9 Å². The number of fused-ring (bicyclic) bond motifs is 1. The number of carbonyl (C=O) groups is 1. The van der Waals surface area contributed by atoms with Crippen LogP contribution in [0.5, 0.6) is 5.75 Å². The average molecular weight is 477 g/mol. The Balaban J connectivity index is 0.00000218. The summed E-state index contributed by atoms with van der Waals surface area (Å²) in [6, 6.07) is 7.48. The van der Waals surface area contributed by atoms with Crippen LogP contribution < -0.4 is 22.7 Å². The minimum atomic E-state index is -0.925. The maximum absolute atomic E-state index is 12.3. The molecule has 1 saturated carbocycles. The van der Waals surface area contributed by atoms with Crippen LogP contribution in [0.4, 0.5) is 0 Å². The summed E-state index contributed by atoms with van der Waals surface area (Å²) in [6.07, 6.45) is 6.65. The van der Waals surface area contributed by atoms with Gasteiger partial charge in [0.1, 0.15) is 23.9 Å². The summed E-state index contributed by atoms with van der Waals surface area (Å²) in [7, 11) is 2.21. The molecule has 2 aliphatic carbocycles. The number of nitrogens with zero attached hydrogens (tertiary/aromatic N) is 1. The molecule has 1 saturated heterocycles. The number of carbonyl (C=O) groups excluding carboxylic acids is 1. The number of piperidine rings is 1. The Hall–Kier alpha value is -1.83. The first-order valence-corrected chi connectivity index (χ1v) is 10.5. The van der Waals surface area contributed by atoms with Crippen molar-refractivity contribution in [2.24, 2.45) is 5.73 Å². The largest absolute Gasteiger partial charge is 1.00 e. The number of phenols is 1. The Morgan fingerprint density at radius 2 is 2.03 bits per heavy atom. The lowest BCUT2D eigenvalue weighted by Gasteiger charge is -2.65. The summed E-state index contributed by atoms with van der Waals surface area (Å²) in [4.78, 5) is 11.9. The van der Waals surface area contributed by atoms with Crippen LogP contribution in [0.1, 0.15) is 59.3 Å². The molecule has 1 aromatic carbocycles. The van der Waals surface area contributed by atoms with Crippen molar-refractivity contribution in [1.82, 2.24) is 0 Å². The van der Waals surface area contributed by atoms with Gasteiger partial charge in [0, 0.05) is 23.8 Å². The van der Waals surface area contributed by atoms with Crippen LogP contribution in [0.15, 0.2) is 34.9 Å². The predicted octanol–water partition coefficient (Wildman–Crippen LogP) is -0.394. The van der Waals surface area contributed by atoms with Crippen LogP contribution in [0, 0.1) is 0 Å². The first kappa shape index (κ1) is 21.4. The fourth-order valence-corrected chi connectivity index (χ4v) is 6.77. The van der Waals surface area contributed by atoms with E-state index in [4.69, 9.17) is 10.2 Å². The third kappa shape index (κ3) is 2.71. The number of primary amides is 1. The van der Waals surface area contributed by atoms with Gasteiger partial charge in [-0.3, -0.25) is 4.79 Å². The van der Waals surface area contributed by atoms with E-state index < -0.39 is 16.9 Å². The van der Waals surface area contributed by atoms with Gasteiger partial charge in [0.2, 0.25) is 0 Å². The molecule has 1 aromatic heterocycles. The van der Waals surface area contributed by atoms with Crippen molar-refractivity contribution in [2.45, 2.75) is 62.1 Å². The lowest BCUT2D eigenvalue weighted by molar-refractivity contribution is -0.962. The maximum atomic E-state index is 12.3. The summed E-state index contributed by atoms with van der Waals surface area (Å²) < 4.78 is 6.36. The summed E-state index contributed by atoms with van der Waals surface area (Å²) >= 11 is 0. The third-order valence-electron chi connectivity index (χ3n) is 8.11. The highest BCUT2D eigenvalue weighted by molar-refractivity contribution is 5.96. The zero-order chi connectivity index (χ0) is 20.4. The number of nitrogens with two attached hydrogens (primary N) is 1. The zero-order valence-electron chi connectivity index (χ0n) is 17.2. The Labute approximate surface area is 187 Å². The molecule has 4 N–H and O–H groups in total. The van der Waals surface area contributed by atoms with E-state index in [-0.39, 0.29) is 34.3 Å². The van der Waals surface area contributed by atoms with E-state index in [0.29, 0.717) is 17.3 Å². The highest BCUT2D eigenvalue weighted by Gasteiger charge is 2.68. The molecule has 2 fully saturated rings. The number of aliphatic hydroxyl groups is 1. The Morgan fingerprint density at radius 3 is 2.73 bits per heavy atom. The number of quaternary nitrogens is 1. The van der Waals surface area contributed by atoms with Crippen molar-refractivity contribution < 1.29 is 40.9 Å². The van der Waals surface area contributed by atoms with Crippen LogP contribution in [0.3, 0.4) is 0 Å². The standard InChI is InChI=1S/C23H28N2O4.BrH/c1-25(14-16-5-4-12-29-16)11-10-22-8-2-3-9-23(22,28)18(25)13-15-6-7-17(21(24)27)20(26)19(15)22;/h4-7,12,18,28H,2-3,8-11,13-14H2,1H3,(H2-,24,26,27);1H/t18-,22+,23-,25?;/m1./s1. The molecule has 3 aliphatic rings. The minimum absolute atomic E-state index is 0. The van der Waals surface area contributed by atoms with Crippen molar-refractivity contribution in [3.63, 3.8) is 0 Å². The highest BCUT2D eigenvalue weighted by atomic mass is 79.9. The van der Waals surface area contributed by atoms with Gasteiger partial charge >= 0.3 is 0 Å². The molecule has 30 heavy (non-hydrogen) atoms. The summed E-state index contributed by atoms with van der Waals surface area (Å²) in [5.41, 5.74) is 6.03. The molecular formula is C23H29BrN2O4. The molecule has 6 nitrogen and oxygen atoms in total. The van der Waals surface area contributed by atoms with Gasteiger partial charge in [-0.2, -0.15) is 0 Å². The van der Waals surface area contributed by atoms with Crippen molar-refractivity contribution in [2.75, 3.05) is 13.6 Å². The lowest BCUT2D eigenvalue weighted by atomic mass is 9.48. The van der Waals surface area contributed by atoms with Gasteiger partial charge in [-0.15, -0.1) is 0 Å². The molecule has 162 valence electrons. The second-order valence-corrected chi connectivity index (χ2v) is 9.48. The van der Waals surface area contributed by atoms with Crippen LogP contribution in [0.2, 0.25) is 0 Å². The quantitative estimate of drug-likeness (QED) is 0.525. The Bertz CT molecular complexity index is 978. The molecule has 2 aromatic rings. The second kappa shape index (κ2) is 7.11. The van der Waals surface area contributed by atoms with Crippen molar-refractivity contribution in [1.29, 1.82) is 0 Å². The molecule has 1 unspecified atom stereocenters. The molecule has 7 heteroatoms. The van der Waals surface area contributed by atoms with Crippen LogP contribution in [-0.2, 0) is 18.4 Å². The molecule has 0 radical (unpaired) electrons. The number of rotatable bonds is 3. The number of benzene rings is 1. The van der Waals surface area contributed by atoms with Crippen molar-refractivity contribution >= 4 is 5.91 Å². The smallest absolute Gasteiger partial charge is 0.252 e. The third-order valence-corrected chi connectivity index (χ3v) is 8.11. The number of amides is 1. The van der Waals surface area contributed by atoms with E-state index >= 15 is 0 Å². The molecular weight excluding hydrogens is 448 g/mol. The number of likely N-dealkylation sites (N-methyl/N-ethyl adjacent to an activating group) is 1. The summed E-state index contributed by atoms with van der Waals surface area (Å²) in [6.45, 7) is 1.62. The Kier molecular flexibility index (Phi) is 5.07. The van der Waals surface area contributed by atoms with Crippen LogP contribution in [0.25, 0.3) is 0 Å². The van der Waals surface area contributed by atoms with E-state index in [1.807, 2.05) is 18.2 Å². The molecule has 1 amide bonds. The van der Waals surface area contributed by atoms with Gasteiger partial charge in [-0.05, 0) is 36.6 Å². The SMILES string of the molecule is C[N+]1(Cc2ccco2)CC[C@]23CCCC[C@@]2(O)[C@H]1Cc1ccc(C(N)=O)c(O)c13.[Br-]. The fourth-order valence-electron chi connectivity index (χ4n) is 6.77. The van der Waals surface area contributed by atoms with Gasteiger partial charge in [0.05, 0.1) is 25.4 Å². The van der Waals surface area contributed by atoms with Gasteiger partial charge in [0.15, 0.2) is 5.76 Å². The van der Waals surface area contributed by atoms with Crippen LogP contribution in [-0.4, -0.2) is 45.8 Å². The summed E-state index contributed by atoms with van der Waals surface area (Å²) in [5, 5.41) is 23.3. The first-order valence-electron chi connectivity index (χ1n) is 10.5. The molecule has 2 heterocycles. The number of likely N-dealkylation sites (tertiary alicyclic amines) is 1. The van der Waals surface area contributed by atoms with Crippen molar-refractivity contribution in [3.8, 4) is 5.75 Å². The number of hydrogen-bond acceptors (Lipinski definition) is 4. The summed E-state index contributed by atoms with van der Waals surface area (Å²) in [5.74, 6) is 0.283. The maximum Gasteiger partial charge on any atom is 0.252 e. The van der Waals surface area contributed by atoms with Crippen molar-refractivity contribution in [3.05, 3.63) is 53.0 Å². The van der Waals surface area contributed by atoms with Gasteiger partial charge in [0.25, 0.3) is 5.91 Å². The molecule has 5 rings (SSSR count). The molecule has 0 spiro atoms. The average Bonchev–Trinajstić information content (AvgIpc) is 3.17. The number of furan rings is 1. The number of aromatic hydroxyl groups is 1. The predicted molar refractivity (Wildman–Crippen MR) is 107 cm³/mol. The second-order valence-electron chi connectivity index (χ2n) is 9.48. The highest BCUT2D eigenvalue weighted by Crippen LogP contribution is 2.61. The molecule has 2 bridgehead atoms. The first-order chi connectivity index (χ1) is 13.8. The van der Waals surface area contributed by atoms with E-state index in [1.165, 1.54) is 0 Å².